The summed E-state index contributed by atoms with van der Waals surface area (Å²) in [5.41, 5.74) is 5.06. The number of methoxy groups -OCH3 is 1. The predicted molar refractivity (Wildman–Crippen MR) is 147 cm³/mol. The van der Waals surface area contributed by atoms with Crippen molar-refractivity contribution in [3.63, 3.8) is 0 Å². The van der Waals surface area contributed by atoms with E-state index >= 15 is 0 Å². The second kappa shape index (κ2) is 9.67. The van der Waals surface area contributed by atoms with Gasteiger partial charge in [-0.05, 0) is 49.1 Å². The molecule has 1 saturated carbocycles. The molecule has 0 amide bonds. The first kappa shape index (κ1) is 23.7. The molecule has 2 aliphatic carbocycles. The van der Waals surface area contributed by atoms with Crippen LogP contribution in [0.25, 0.3) is 16.9 Å². The highest BCUT2D eigenvalue weighted by atomic mass is 32.2. The minimum Gasteiger partial charge on any atom is -0.497 e. The summed E-state index contributed by atoms with van der Waals surface area (Å²) >= 11 is 1.32. The summed E-state index contributed by atoms with van der Waals surface area (Å²) in [6.07, 6.45) is 5.09. The number of carbonyl (C=O) groups is 1. The molecule has 0 saturated heterocycles. The third-order valence-electron chi connectivity index (χ3n) is 7.70. The fourth-order valence-electron chi connectivity index (χ4n) is 5.90. The highest BCUT2D eigenvalue weighted by Gasteiger charge is 2.44. The fraction of sp³-hybridized carbons (Fsp3) is 0.258. The number of thioether (sulfide) groups is 1. The van der Waals surface area contributed by atoms with Crippen LogP contribution >= 0.6 is 11.8 Å². The van der Waals surface area contributed by atoms with Crippen molar-refractivity contribution in [2.45, 2.75) is 42.7 Å². The highest BCUT2D eigenvalue weighted by Crippen LogP contribution is 2.50. The minimum absolute atomic E-state index is 0.00603. The number of aromatic nitrogens is 2. The molecule has 186 valence electrons. The number of hydrogen-bond donors (Lipinski definition) is 0. The molecule has 37 heavy (non-hydrogen) atoms. The summed E-state index contributed by atoms with van der Waals surface area (Å²) in [5.74, 6) is 0.918. The van der Waals surface area contributed by atoms with Gasteiger partial charge in [-0.3, -0.25) is 14.2 Å². The highest BCUT2D eigenvalue weighted by molar-refractivity contribution is 7.99. The van der Waals surface area contributed by atoms with E-state index in [2.05, 4.69) is 18.2 Å². The normalized spacial score (nSPS) is 15.3. The van der Waals surface area contributed by atoms with E-state index in [-0.39, 0.29) is 22.5 Å². The first-order chi connectivity index (χ1) is 18.1. The van der Waals surface area contributed by atoms with Gasteiger partial charge >= 0.3 is 0 Å². The van der Waals surface area contributed by atoms with E-state index in [1.807, 2.05) is 60.7 Å². The molecule has 1 spiro atoms. The van der Waals surface area contributed by atoms with Gasteiger partial charge in [-0.1, -0.05) is 79.2 Å². The molecule has 1 fully saturated rings. The van der Waals surface area contributed by atoms with E-state index in [0.29, 0.717) is 10.7 Å². The molecule has 3 aromatic carbocycles. The molecule has 1 aromatic heterocycles. The van der Waals surface area contributed by atoms with Gasteiger partial charge in [-0.25, -0.2) is 4.98 Å². The van der Waals surface area contributed by atoms with Crippen LogP contribution in [-0.4, -0.2) is 28.2 Å². The molecule has 0 radical (unpaired) electrons. The lowest BCUT2D eigenvalue weighted by Gasteiger charge is -2.36. The zero-order chi connectivity index (χ0) is 25.4. The van der Waals surface area contributed by atoms with E-state index in [9.17, 15) is 9.59 Å². The Bertz CT molecular complexity index is 1520. The zero-order valence-corrected chi connectivity index (χ0v) is 21.6. The molecule has 0 unspecified atom stereocenters. The maximum Gasteiger partial charge on any atom is 0.263 e. The molecule has 2 aliphatic rings. The molecular formula is C31H28N2O3S. The summed E-state index contributed by atoms with van der Waals surface area (Å²) in [5, 5.41) is 0.531. The molecule has 5 nitrogen and oxygen atoms in total. The SMILES string of the molecule is COc1ccc(-n2c(SCC(=O)c3ccccc3)nc3c(c2=O)C2(CCCC2)Cc2ccccc2-3)cc1. The average molecular weight is 509 g/mol. The first-order valence-electron chi connectivity index (χ1n) is 12.7. The largest absolute Gasteiger partial charge is 0.497 e. The summed E-state index contributed by atoms with van der Waals surface area (Å²) in [6.45, 7) is 0. The molecule has 0 aliphatic heterocycles. The van der Waals surface area contributed by atoms with Crippen LogP contribution in [0.5, 0.6) is 5.75 Å². The van der Waals surface area contributed by atoms with Crippen LogP contribution in [0.1, 0.15) is 47.2 Å². The Kier molecular flexibility index (Phi) is 6.21. The molecular weight excluding hydrogens is 480 g/mol. The van der Waals surface area contributed by atoms with Crippen LogP contribution in [0.4, 0.5) is 0 Å². The number of hydrogen-bond acceptors (Lipinski definition) is 5. The third-order valence-corrected chi connectivity index (χ3v) is 8.64. The second-order valence-electron chi connectivity index (χ2n) is 9.86. The lowest BCUT2D eigenvalue weighted by atomic mass is 9.68. The Labute approximate surface area is 220 Å². The number of ketones is 1. The van der Waals surface area contributed by atoms with Crippen molar-refractivity contribution < 1.29 is 9.53 Å². The minimum atomic E-state index is -0.189. The van der Waals surface area contributed by atoms with E-state index in [1.165, 1.54) is 17.3 Å². The van der Waals surface area contributed by atoms with E-state index < -0.39 is 0 Å². The Morgan fingerprint density at radius 1 is 0.973 bits per heavy atom. The van der Waals surface area contributed by atoms with Gasteiger partial charge in [0.25, 0.3) is 5.56 Å². The monoisotopic (exact) mass is 508 g/mol. The van der Waals surface area contributed by atoms with Crippen LogP contribution in [0, 0.1) is 0 Å². The Morgan fingerprint density at radius 3 is 2.41 bits per heavy atom. The number of rotatable bonds is 6. The maximum atomic E-state index is 14.5. The van der Waals surface area contributed by atoms with Crippen LogP contribution in [0.3, 0.4) is 0 Å². The van der Waals surface area contributed by atoms with Crippen molar-refractivity contribution in [1.29, 1.82) is 0 Å². The molecule has 1 heterocycles. The standard InChI is InChI=1S/C31H28N2O3S/c1-36-24-15-13-23(14-16-24)33-29(35)27-28(32-30(33)37-20-26(34)21-9-3-2-4-10-21)25-12-6-5-11-22(25)19-31(27)17-7-8-18-31/h2-6,9-16H,7-8,17-20H2,1H3. The lowest BCUT2D eigenvalue weighted by molar-refractivity contribution is 0.102. The van der Waals surface area contributed by atoms with Gasteiger partial charge < -0.3 is 4.74 Å². The molecule has 0 N–H and O–H groups in total. The topological polar surface area (TPSA) is 61.2 Å². The maximum absolute atomic E-state index is 14.5. The zero-order valence-electron chi connectivity index (χ0n) is 20.8. The van der Waals surface area contributed by atoms with Gasteiger partial charge in [0.1, 0.15) is 5.75 Å². The van der Waals surface area contributed by atoms with Gasteiger partial charge in [-0.2, -0.15) is 0 Å². The van der Waals surface area contributed by atoms with Crippen LogP contribution in [-0.2, 0) is 11.8 Å². The van der Waals surface area contributed by atoms with Crippen molar-refractivity contribution in [3.8, 4) is 22.7 Å². The Hall–Kier alpha value is -3.64. The first-order valence-corrected chi connectivity index (χ1v) is 13.7. The molecule has 6 heteroatoms. The quantitative estimate of drug-likeness (QED) is 0.175. The third kappa shape index (κ3) is 4.19. The van der Waals surface area contributed by atoms with E-state index in [0.717, 1.165) is 60.4 Å². The van der Waals surface area contributed by atoms with Crippen LogP contribution in [0.2, 0.25) is 0 Å². The van der Waals surface area contributed by atoms with Gasteiger partial charge in [0.2, 0.25) is 0 Å². The Morgan fingerprint density at radius 2 is 1.68 bits per heavy atom. The number of benzene rings is 3. The van der Waals surface area contributed by atoms with Gasteiger partial charge in [0.05, 0.1) is 29.8 Å². The number of fused-ring (bicyclic) bond motifs is 4. The van der Waals surface area contributed by atoms with Gasteiger partial charge in [0, 0.05) is 16.5 Å². The van der Waals surface area contributed by atoms with Crippen molar-refractivity contribution in [2.75, 3.05) is 12.9 Å². The smallest absolute Gasteiger partial charge is 0.263 e. The Balaban J connectivity index is 1.53. The van der Waals surface area contributed by atoms with E-state index in [1.54, 1.807) is 11.7 Å². The number of Topliss-reactive ketones (excluding diaryl/α,β-unsaturated/α-hetero) is 1. The molecule has 4 aromatic rings. The lowest BCUT2D eigenvalue weighted by Crippen LogP contribution is -2.40. The predicted octanol–water partition coefficient (Wildman–Crippen LogP) is 6.25. The fourth-order valence-corrected chi connectivity index (χ4v) is 6.80. The van der Waals surface area contributed by atoms with Crippen molar-refractivity contribution >= 4 is 17.5 Å². The summed E-state index contributed by atoms with van der Waals surface area (Å²) in [7, 11) is 1.62. The van der Waals surface area contributed by atoms with Crippen LogP contribution < -0.4 is 10.3 Å². The summed E-state index contributed by atoms with van der Waals surface area (Å²) in [6, 6.07) is 25.1. The summed E-state index contributed by atoms with van der Waals surface area (Å²) in [4.78, 5) is 32.6. The van der Waals surface area contributed by atoms with Crippen molar-refractivity contribution in [1.82, 2.24) is 9.55 Å². The summed E-state index contributed by atoms with van der Waals surface area (Å²) < 4.78 is 7.05. The molecule has 0 bridgehead atoms. The van der Waals surface area contributed by atoms with E-state index in [4.69, 9.17) is 9.72 Å². The van der Waals surface area contributed by atoms with Crippen LogP contribution in [0.15, 0.2) is 88.8 Å². The van der Waals surface area contributed by atoms with Crippen molar-refractivity contribution in [3.05, 3.63) is 106 Å². The van der Waals surface area contributed by atoms with Crippen molar-refractivity contribution in [2.24, 2.45) is 0 Å². The average Bonchev–Trinajstić information content (AvgIpc) is 3.40. The van der Waals surface area contributed by atoms with Gasteiger partial charge in [-0.15, -0.1) is 0 Å². The number of ether oxygens (including phenoxy) is 1. The van der Waals surface area contributed by atoms with Gasteiger partial charge in [0.15, 0.2) is 10.9 Å². The molecule has 0 atom stereocenters. The molecule has 6 rings (SSSR count). The number of nitrogens with zero attached hydrogens (tertiary/aromatic N) is 2. The second-order valence-corrected chi connectivity index (χ2v) is 10.8. The number of carbonyl (C=O) groups excluding carboxylic acids is 1.